The summed E-state index contributed by atoms with van der Waals surface area (Å²) in [7, 11) is 0. The largest absolute Gasteiger partial charge is 0.447 e. The molecule has 0 radical (unpaired) electrons. The topological polar surface area (TPSA) is 73.1 Å². The molecule has 162 valence electrons. The molecular formula is C21H20F3N5O2. The number of rotatable bonds is 6. The van der Waals surface area contributed by atoms with Gasteiger partial charge in [-0.15, -0.1) is 0 Å². The van der Waals surface area contributed by atoms with Crippen LogP contribution in [0.3, 0.4) is 0 Å². The zero-order valence-electron chi connectivity index (χ0n) is 16.9. The minimum absolute atomic E-state index is 0.138. The highest BCUT2D eigenvalue weighted by molar-refractivity contribution is 5.89. The first-order valence-corrected chi connectivity index (χ1v) is 9.74. The lowest BCUT2D eigenvalue weighted by Gasteiger charge is -2.22. The number of hydrogen-bond donors (Lipinski definition) is 0. The molecule has 0 unspecified atom stereocenters. The van der Waals surface area contributed by atoms with Gasteiger partial charge in [-0.05, 0) is 31.2 Å². The summed E-state index contributed by atoms with van der Waals surface area (Å²) in [5, 5.41) is 0. The second-order valence-electron chi connectivity index (χ2n) is 7.44. The Morgan fingerprint density at radius 2 is 1.94 bits per heavy atom. The molecule has 1 aliphatic heterocycles. The Morgan fingerprint density at radius 3 is 2.65 bits per heavy atom. The van der Waals surface area contributed by atoms with E-state index in [1.807, 2.05) is 6.92 Å². The van der Waals surface area contributed by atoms with Crippen LogP contribution in [0.1, 0.15) is 31.3 Å². The first kappa shape index (κ1) is 20.8. The lowest BCUT2D eigenvalue weighted by molar-refractivity contribution is 0.174. The predicted molar refractivity (Wildman–Crippen MR) is 106 cm³/mol. The van der Waals surface area contributed by atoms with Crippen molar-refractivity contribution in [2.45, 2.75) is 38.4 Å². The molecule has 3 aromatic rings. The van der Waals surface area contributed by atoms with Crippen molar-refractivity contribution in [3.05, 3.63) is 66.1 Å². The SMILES string of the molecule is C[C@H](Cc1ncc(F)c(N2C(=O)OC[C@@H]2[C@H](C)F)n1)c1cn(-c2ccc(F)cc2)cn1. The van der Waals surface area contributed by atoms with Crippen molar-refractivity contribution < 1.29 is 22.7 Å². The maximum Gasteiger partial charge on any atom is 0.416 e. The molecule has 3 atom stereocenters. The van der Waals surface area contributed by atoms with E-state index in [1.165, 1.54) is 19.1 Å². The van der Waals surface area contributed by atoms with Crippen molar-refractivity contribution in [1.82, 2.24) is 19.5 Å². The minimum Gasteiger partial charge on any atom is -0.447 e. The van der Waals surface area contributed by atoms with Gasteiger partial charge in [-0.1, -0.05) is 6.92 Å². The summed E-state index contributed by atoms with van der Waals surface area (Å²) in [6.07, 6.45) is 2.44. The monoisotopic (exact) mass is 431 g/mol. The van der Waals surface area contributed by atoms with E-state index in [2.05, 4.69) is 15.0 Å². The fraction of sp³-hybridized carbons (Fsp3) is 0.333. The molecule has 0 saturated carbocycles. The van der Waals surface area contributed by atoms with E-state index in [4.69, 9.17) is 4.74 Å². The summed E-state index contributed by atoms with van der Waals surface area (Å²) in [4.78, 5) is 25.5. The van der Waals surface area contributed by atoms with Crippen molar-refractivity contribution in [3.63, 3.8) is 0 Å². The third-order valence-electron chi connectivity index (χ3n) is 5.16. The molecule has 0 spiro atoms. The zero-order valence-corrected chi connectivity index (χ0v) is 16.9. The molecule has 4 rings (SSSR count). The number of cyclic esters (lactones) is 1. The van der Waals surface area contributed by atoms with Crippen LogP contribution in [0.25, 0.3) is 5.69 Å². The molecule has 3 heterocycles. The summed E-state index contributed by atoms with van der Waals surface area (Å²) in [5.41, 5.74) is 1.49. The minimum atomic E-state index is -1.42. The van der Waals surface area contributed by atoms with Gasteiger partial charge >= 0.3 is 6.09 Å². The van der Waals surface area contributed by atoms with E-state index in [0.717, 1.165) is 22.5 Å². The number of hydrogen-bond acceptors (Lipinski definition) is 5. The van der Waals surface area contributed by atoms with E-state index < -0.39 is 24.1 Å². The summed E-state index contributed by atoms with van der Waals surface area (Å²) in [5.74, 6) is -1.31. The van der Waals surface area contributed by atoms with Crippen LogP contribution in [0, 0.1) is 11.6 Å². The summed E-state index contributed by atoms with van der Waals surface area (Å²) >= 11 is 0. The van der Waals surface area contributed by atoms with Crippen LogP contribution >= 0.6 is 0 Å². The van der Waals surface area contributed by atoms with Gasteiger partial charge in [0.1, 0.15) is 30.5 Å². The highest BCUT2D eigenvalue weighted by Crippen LogP contribution is 2.27. The van der Waals surface area contributed by atoms with E-state index in [-0.39, 0.29) is 30.0 Å². The molecule has 1 fully saturated rings. The van der Waals surface area contributed by atoms with Gasteiger partial charge in [0.05, 0.1) is 18.2 Å². The Hall–Kier alpha value is -3.43. The van der Waals surface area contributed by atoms with Crippen LogP contribution < -0.4 is 4.90 Å². The van der Waals surface area contributed by atoms with E-state index in [9.17, 15) is 18.0 Å². The quantitative estimate of drug-likeness (QED) is 0.591. The average molecular weight is 431 g/mol. The number of nitrogens with zero attached hydrogens (tertiary/aromatic N) is 5. The second-order valence-corrected chi connectivity index (χ2v) is 7.44. The summed E-state index contributed by atoms with van der Waals surface area (Å²) in [6.45, 7) is 3.01. The van der Waals surface area contributed by atoms with Crippen LogP contribution in [-0.4, -0.2) is 44.4 Å². The van der Waals surface area contributed by atoms with Crippen LogP contribution in [0.2, 0.25) is 0 Å². The van der Waals surface area contributed by atoms with Crippen molar-refractivity contribution in [3.8, 4) is 5.69 Å². The number of halogens is 3. The number of aromatic nitrogens is 4. The van der Waals surface area contributed by atoms with Crippen molar-refractivity contribution >= 4 is 11.9 Å². The third-order valence-corrected chi connectivity index (χ3v) is 5.16. The number of carbonyl (C=O) groups is 1. The summed E-state index contributed by atoms with van der Waals surface area (Å²) in [6, 6.07) is 5.05. The Labute approximate surface area is 176 Å². The van der Waals surface area contributed by atoms with E-state index >= 15 is 0 Å². The molecule has 0 bridgehead atoms. The molecule has 1 aliphatic rings. The smallest absolute Gasteiger partial charge is 0.416 e. The Morgan fingerprint density at radius 1 is 1.19 bits per heavy atom. The molecule has 1 saturated heterocycles. The normalized spacial score (nSPS) is 18.2. The van der Waals surface area contributed by atoms with Gasteiger partial charge in [-0.2, -0.15) is 0 Å². The highest BCUT2D eigenvalue weighted by atomic mass is 19.1. The van der Waals surface area contributed by atoms with Gasteiger partial charge in [0.25, 0.3) is 0 Å². The summed E-state index contributed by atoms with van der Waals surface area (Å²) < 4.78 is 48.0. The fourth-order valence-corrected chi connectivity index (χ4v) is 3.40. The second kappa shape index (κ2) is 8.37. The number of anilines is 1. The molecular weight excluding hydrogens is 411 g/mol. The molecule has 1 amide bonds. The van der Waals surface area contributed by atoms with Gasteiger partial charge in [0, 0.05) is 24.2 Å². The molecule has 10 heteroatoms. The number of imidazole rings is 1. The first-order valence-electron chi connectivity index (χ1n) is 9.74. The Balaban J connectivity index is 1.54. The number of carbonyl (C=O) groups excluding carboxylic acids is 1. The van der Waals surface area contributed by atoms with Gasteiger partial charge in [0.15, 0.2) is 11.6 Å². The molecule has 0 N–H and O–H groups in total. The first-order chi connectivity index (χ1) is 14.8. The lowest BCUT2D eigenvalue weighted by atomic mass is 10.0. The number of benzene rings is 1. The van der Waals surface area contributed by atoms with Gasteiger partial charge in [0.2, 0.25) is 0 Å². The van der Waals surface area contributed by atoms with Crippen molar-refractivity contribution in [1.29, 1.82) is 0 Å². The van der Waals surface area contributed by atoms with Gasteiger partial charge in [-0.3, -0.25) is 0 Å². The number of amides is 1. The van der Waals surface area contributed by atoms with E-state index in [0.29, 0.717) is 6.42 Å². The van der Waals surface area contributed by atoms with Crippen molar-refractivity contribution in [2.24, 2.45) is 0 Å². The molecule has 7 nitrogen and oxygen atoms in total. The highest BCUT2D eigenvalue weighted by Gasteiger charge is 2.40. The number of ether oxygens (including phenoxy) is 1. The number of alkyl halides is 1. The predicted octanol–water partition coefficient (Wildman–Crippen LogP) is 3.97. The standard InChI is InChI=1S/C21H20F3N5O2/c1-12(17-9-28(11-26-17)15-5-3-14(23)4-6-15)7-19-25-8-16(24)20(27-19)29-18(13(2)22)10-31-21(29)30/h3-6,8-9,11-13,18H,7,10H2,1-2H3/t12-,13+,18-/m1/s1. The lowest BCUT2D eigenvalue weighted by Crippen LogP contribution is -2.40. The average Bonchev–Trinajstić information content (AvgIpc) is 3.37. The Bertz CT molecular complexity index is 1090. The van der Waals surface area contributed by atoms with Crippen LogP contribution in [0.4, 0.5) is 23.8 Å². The molecule has 2 aromatic heterocycles. The maximum atomic E-state index is 14.4. The zero-order chi connectivity index (χ0) is 22.1. The van der Waals surface area contributed by atoms with Gasteiger partial charge < -0.3 is 9.30 Å². The van der Waals surface area contributed by atoms with Crippen LogP contribution in [0.15, 0.2) is 43.0 Å². The fourth-order valence-electron chi connectivity index (χ4n) is 3.40. The van der Waals surface area contributed by atoms with Crippen LogP contribution in [0.5, 0.6) is 0 Å². The Kier molecular flexibility index (Phi) is 5.62. The molecule has 31 heavy (non-hydrogen) atoms. The maximum absolute atomic E-state index is 14.4. The molecule has 0 aliphatic carbocycles. The van der Waals surface area contributed by atoms with Crippen LogP contribution in [-0.2, 0) is 11.2 Å². The molecule has 1 aromatic carbocycles. The van der Waals surface area contributed by atoms with E-state index in [1.54, 1.807) is 29.2 Å². The van der Waals surface area contributed by atoms with Crippen molar-refractivity contribution in [2.75, 3.05) is 11.5 Å². The third kappa shape index (κ3) is 4.23. The van der Waals surface area contributed by atoms with Gasteiger partial charge in [-0.25, -0.2) is 37.8 Å².